The quantitative estimate of drug-likeness (QED) is 0.847. The van der Waals surface area contributed by atoms with Gasteiger partial charge in [0.25, 0.3) is 0 Å². The molecule has 19 heavy (non-hydrogen) atoms. The summed E-state index contributed by atoms with van der Waals surface area (Å²) in [5.41, 5.74) is 9.01. The first-order valence-corrected chi connectivity index (χ1v) is 7.36. The third-order valence-electron chi connectivity index (χ3n) is 2.96. The summed E-state index contributed by atoms with van der Waals surface area (Å²) in [6.45, 7) is 6.93. The first kappa shape index (κ1) is 13.9. The van der Waals surface area contributed by atoms with Crippen molar-refractivity contribution in [2.45, 2.75) is 33.6 Å². The van der Waals surface area contributed by atoms with Gasteiger partial charge in [-0.1, -0.05) is 13.0 Å². The zero-order chi connectivity index (χ0) is 13.8. The van der Waals surface area contributed by atoms with E-state index in [1.165, 1.54) is 10.4 Å². The Kier molecular flexibility index (Phi) is 4.43. The van der Waals surface area contributed by atoms with Crippen LogP contribution in [0, 0.1) is 13.8 Å². The molecule has 4 heteroatoms. The molecule has 0 spiro atoms. The Morgan fingerprint density at radius 2 is 2.11 bits per heavy atom. The first-order chi connectivity index (χ1) is 9.10. The normalized spacial score (nSPS) is 10.7. The van der Waals surface area contributed by atoms with Gasteiger partial charge in [0.2, 0.25) is 0 Å². The molecule has 0 amide bonds. The lowest BCUT2D eigenvalue weighted by atomic mass is 10.1. The number of ether oxygens (including phenoxy) is 1. The lowest BCUT2D eigenvalue weighted by Crippen LogP contribution is -2.00. The van der Waals surface area contributed by atoms with Gasteiger partial charge in [-0.15, -0.1) is 11.3 Å². The van der Waals surface area contributed by atoms with Gasteiger partial charge in [-0.25, -0.2) is 4.98 Å². The molecule has 1 aromatic carbocycles. The summed E-state index contributed by atoms with van der Waals surface area (Å²) in [5, 5.41) is 1.14. The van der Waals surface area contributed by atoms with Crippen molar-refractivity contribution in [1.29, 1.82) is 0 Å². The van der Waals surface area contributed by atoms with Crippen molar-refractivity contribution in [3.8, 4) is 5.75 Å². The van der Waals surface area contributed by atoms with E-state index in [0.29, 0.717) is 12.3 Å². The zero-order valence-corrected chi connectivity index (χ0v) is 12.5. The lowest BCUT2D eigenvalue weighted by Gasteiger charge is -2.09. The van der Waals surface area contributed by atoms with Crippen molar-refractivity contribution >= 4 is 17.0 Å². The number of anilines is 1. The van der Waals surface area contributed by atoms with E-state index in [1.807, 2.05) is 19.1 Å². The van der Waals surface area contributed by atoms with Gasteiger partial charge in [-0.05, 0) is 38.0 Å². The van der Waals surface area contributed by atoms with Crippen LogP contribution in [0.4, 0.5) is 5.69 Å². The highest BCUT2D eigenvalue weighted by Crippen LogP contribution is 2.25. The average molecular weight is 276 g/mol. The SMILES string of the molecule is CCCOc1ccc(Cc2nc(C)c(C)s2)cc1N. The third kappa shape index (κ3) is 3.47. The molecule has 3 nitrogen and oxygen atoms in total. The van der Waals surface area contributed by atoms with Crippen LogP contribution in [0.3, 0.4) is 0 Å². The summed E-state index contributed by atoms with van der Waals surface area (Å²) in [6, 6.07) is 6.00. The first-order valence-electron chi connectivity index (χ1n) is 6.54. The monoisotopic (exact) mass is 276 g/mol. The zero-order valence-electron chi connectivity index (χ0n) is 11.7. The Morgan fingerprint density at radius 3 is 2.68 bits per heavy atom. The molecule has 0 bridgehead atoms. The van der Waals surface area contributed by atoms with Crippen LogP contribution in [0.5, 0.6) is 5.75 Å². The van der Waals surface area contributed by atoms with Gasteiger partial charge in [-0.3, -0.25) is 0 Å². The number of thiazole rings is 1. The van der Waals surface area contributed by atoms with Crippen LogP contribution < -0.4 is 10.5 Å². The van der Waals surface area contributed by atoms with Crippen LogP contribution >= 0.6 is 11.3 Å². The molecule has 0 unspecified atom stereocenters. The Balaban J connectivity index is 2.11. The van der Waals surface area contributed by atoms with Crippen molar-refractivity contribution in [2.24, 2.45) is 0 Å². The van der Waals surface area contributed by atoms with Crippen molar-refractivity contribution in [3.05, 3.63) is 39.3 Å². The molecule has 2 rings (SSSR count). The summed E-state index contributed by atoms with van der Waals surface area (Å²) in [4.78, 5) is 5.84. The van der Waals surface area contributed by atoms with Gasteiger partial charge in [0.15, 0.2) is 0 Å². The lowest BCUT2D eigenvalue weighted by molar-refractivity contribution is 0.319. The fraction of sp³-hybridized carbons (Fsp3) is 0.400. The second kappa shape index (κ2) is 6.06. The van der Waals surface area contributed by atoms with Gasteiger partial charge in [-0.2, -0.15) is 0 Å². The summed E-state index contributed by atoms with van der Waals surface area (Å²) >= 11 is 1.75. The number of hydrogen-bond acceptors (Lipinski definition) is 4. The van der Waals surface area contributed by atoms with E-state index in [-0.39, 0.29) is 0 Å². The third-order valence-corrected chi connectivity index (χ3v) is 4.04. The predicted molar refractivity (Wildman–Crippen MR) is 81.0 cm³/mol. The Labute approximate surface area is 118 Å². The van der Waals surface area contributed by atoms with Gasteiger partial charge >= 0.3 is 0 Å². The second-order valence-corrected chi connectivity index (χ2v) is 5.93. The van der Waals surface area contributed by atoms with E-state index in [9.17, 15) is 0 Å². The fourth-order valence-electron chi connectivity index (χ4n) is 1.84. The molecule has 0 saturated carbocycles. The number of hydrogen-bond donors (Lipinski definition) is 1. The molecule has 1 aromatic heterocycles. The van der Waals surface area contributed by atoms with E-state index >= 15 is 0 Å². The molecule has 2 aromatic rings. The molecule has 0 radical (unpaired) electrons. The molecular formula is C15H20N2OS. The summed E-state index contributed by atoms with van der Waals surface area (Å²) in [6.07, 6.45) is 1.82. The van der Waals surface area contributed by atoms with E-state index in [2.05, 4.69) is 24.9 Å². The number of nitrogens with zero attached hydrogens (tertiary/aromatic N) is 1. The standard InChI is InChI=1S/C15H20N2OS/c1-4-7-18-14-6-5-12(8-13(14)16)9-15-17-10(2)11(3)19-15/h5-6,8H,4,7,9,16H2,1-3H3. The Morgan fingerprint density at radius 1 is 1.32 bits per heavy atom. The molecule has 0 atom stereocenters. The minimum absolute atomic E-state index is 0.703. The molecule has 1 heterocycles. The largest absolute Gasteiger partial charge is 0.491 e. The minimum atomic E-state index is 0.703. The van der Waals surface area contributed by atoms with Gasteiger partial charge < -0.3 is 10.5 Å². The number of aromatic nitrogens is 1. The maximum Gasteiger partial charge on any atom is 0.142 e. The number of nitrogens with two attached hydrogens (primary N) is 1. The molecule has 0 fully saturated rings. The fourth-order valence-corrected chi connectivity index (χ4v) is 2.81. The molecule has 0 aliphatic carbocycles. The Hall–Kier alpha value is -1.55. The van der Waals surface area contributed by atoms with Crippen molar-refractivity contribution in [2.75, 3.05) is 12.3 Å². The second-order valence-electron chi connectivity index (χ2n) is 4.65. The highest BCUT2D eigenvalue weighted by molar-refractivity contribution is 7.11. The van der Waals surface area contributed by atoms with Gasteiger partial charge in [0, 0.05) is 11.3 Å². The van der Waals surface area contributed by atoms with Crippen LogP contribution in [0.1, 0.15) is 34.5 Å². The number of rotatable bonds is 5. The highest BCUT2D eigenvalue weighted by Gasteiger charge is 2.07. The van der Waals surface area contributed by atoms with E-state index in [4.69, 9.17) is 10.5 Å². The molecule has 0 aliphatic heterocycles. The maximum atomic E-state index is 6.01. The summed E-state index contributed by atoms with van der Waals surface area (Å²) < 4.78 is 5.58. The van der Waals surface area contributed by atoms with Crippen LogP contribution in [0.25, 0.3) is 0 Å². The topological polar surface area (TPSA) is 48.1 Å². The van der Waals surface area contributed by atoms with Gasteiger partial charge in [0.05, 0.1) is 23.0 Å². The average Bonchev–Trinajstić information content (AvgIpc) is 2.67. The van der Waals surface area contributed by atoms with Crippen LogP contribution in [-0.4, -0.2) is 11.6 Å². The minimum Gasteiger partial charge on any atom is -0.491 e. The van der Waals surface area contributed by atoms with E-state index < -0.39 is 0 Å². The highest BCUT2D eigenvalue weighted by atomic mass is 32.1. The van der Waals surface area contributed by atoms with Crippen molar-refractivity contribution in [1.82, 2.24) is 4.98 Å². The van der Waals surface area contributed by atoms with Crippen LogP contribution in [-0.2, 0) is 6.42 Å². The van der Waals surface area contributed by atoms with Crippen LogP contribution in [0.2, 0.25) is 0 Å². The summed E-state index contributed by atoms with van der Waals surface area (Å²) in [7, 11) is 0. The Bertz CT molecular complexity index is 544. The molecular weight excluding hydrogens is 256 g/mol. The summed E-state index contributed by atoms with van der Waals surface area (Å²) in [5.74, 6) is 0.775. The number of benzene rings is 1. The predicted octanol–water partition coefficient (Wildman–Crippen LogP) is 3.72. The molecule has 102 valence electrons. The van der Waals surface area contributed by atoms with Crippen molar-refractivity contribution in [3.63, 3.8) is 0 Å². The van der Waals surface area contributed by atoms with Crippen molar-refractivity contribution < 1.29 is 4.74 Å². The molecule has 0 aliphatic rings. The smallest absolute Gasteiger partial charge is 0.142 e. The molecule has 2 N–H and O–H groups in total. The van der Waals surface area contributed by atoms with E-state index in [1.54, 1.807) is 11.3 Å². The number of aryl methyl sites for hydroxylation is 2. The van der Waals surface area contributed by atoms with E-state index in [0.717, 1.165) is 29.3 Å². The molecule has 0 saturated heterocycles. The van der Waals surface area contributed by atoms with Crippen LogP contribution in [0.15, 0.2) is 18.2 Å². The maximum absolute atomic E-state index is 6.01. The van der Waals surface area contributed by atoms with Gasteiger partial charge in [0.1, 0.15) is 5.75 Å². The number of nitrogen functional groups attached to an aromatic ring is 1.